The molecule has 21 heavy (non-hydrogen) atoms. The largest absolute Gasteiger partial charge is 0.462 e. The summed E-state index contributed by atoms with van der Waals surface area (Å²) < 4.78 is 5.10. The average molecular weight is 321 g/mol. The number of amides is 1. The Labute approximate surface area is 132 Å². The van der Waals surface area contributed by atoms with Crippen LogP contribution in [0.25, 0.3) is 11.1 Å². The number of hydrogen-bond donors (Lipinski definition) is 2. The molecular formula is C15H15NO3S2. The fourth-order valence-corrected chi connectivity index (χ4v) is 2.90. The van der Waals surface area contributed by atoms with E-state index in [1.54, 1.807) is 6.92 Å². The van der Waals surface area contributed by atoms with Crippen molar-refractivity contribution in [2.45, 2.75) is 6.92 Å². The van der Waals surface area contributed by atoms with Crippen molar-refractivity contribution in [1.29, 1.82) is 0 Å². The smallest absolute Gasteiger partial charge is 0.341 e. The summed E-state index contributed by atoms with van der Waals surface area (Å²) in [7, 11) is 0. The Hall–Kier alpha value is -1.79. The van der Waals surface area contributed by atoms with Crippen LogP contribution in [-0.2, 0) is 9.53 Å². The molecule has 0 bridgehead atoms. The van der Waals surface area contributed by atoms with E-state index in [1.807, 2.05) is 35.7 Å². The van der Waals surface area contributed by atoms with Gasteiger partial charge < -0.3 is 10.1 Å². The van der Waals surface area contributed by atoms with Crippen molar-refractivity contribution >= 4 is 40.8 Å². The van der Waals surface area contributed by atoms with Crippen LogP contribution in [0.5, 0.6) is 0 Å². The molecule has 4 nitrogen and oxygen atoms in total. The molecule has 0 aliphatic heterocycles. The molecule has 0 fully saturated rings. The quantitative estimate of drug-likeness (QED) is 0.655. The molecule has 1 amide bonds. The third-order valence-electron chi connectivity index (χ3n) is 2.75. The van der Waals surface area contributed by atoms with Gasteiger partial charge >= 0.3 is 5.97 Å². The van der Waals surface area contributed by atoms with Crippen molar-refractivity contribution in [2.75, 3.05) is 17.7 Å². The van der Waals surface area contributed by atoms with Crippen LogP contribution in [0.2, 0.25) is 0 Å². The number of anilines is 1. The Morgan fingerprint density at radius 2 is 2.00 bits per heavy atom. The van der Waals surface area contributed by atoms with Gasteiger partial charge in [-0.25, -0.2) is 4.79 Å². The molecule has 110 valence electrons. The number of carbonyl (C=O) groups excluding carboxylic acids is 2. The van der Waals surface area contributed by atoms with Crippen LogP contribution >= 0.6 is 24.0 Å². The zero-order valence-electron chi connectivity index (χ0n) is 11.5. The summed E-state index contributed by atoms with van der Waals surface area (Å²) in [6.07, 6.45) is 0. The van der Waals surface area contributed by atoms with Gasteiger partial charge in [-0.1, -0.05) is 30.3 Å². The first-order valence-corrected chi connectivity index (χ1v) is 7.93. The van der Waals surface area contributed by atoms with E-state index in [0.717, 1.165) is 11.1 Å². The summed E-state index contributed by atoms with van der Waals surface area (Å²) in [6, 6.07) is 9.52. The second kappa shape index (κ2) is 7.28. The Balaban J connectivity index is 2.46. The van der Waals surface area contributed by atoms with Gasteiger partial charge in [0.05, 0.1) is 12.4 Å². The first-order chi connectivity index (χ1) is 10.2. The van der Waals surface area contributed by atoms with E-state index >= 15 is 0 Å². The molecule has 0 aliphatic carbocycles. The lowest BCUT2D eigenvalue weighted by Crippen LogP contribution is -2.15. The van der Waals surface area contributed by atoms with Crippen LogP contribution in [0.15, 0.2) is 35.7 Å². The summed E-state index contributed by atoms with van der Waals surface area (Å²) in [5.74, 6) is -0.640. The Bertz CT molecular complexity index is 638. The first kappa shape index (κ1) is 15.6. The maximum Gasteiger partial charge on any atom is 0.341 e. The predicted octanol–water partition coefficient (Wildman–Crippen LogP) is 3.46. The lowest BCUT2D eigenvalue weighted by molar-refractivity contribution is -0.113. The van der Waals surface area contributed by atoms with Gasteiger partial charge in [-0.3, -0.25) is 4.79 Å². The summed E-state index contributed by atoms with van der Waals surface area (Å²) >= 11 is 5.23. The summed E-state index contributed by atoms with van der Waals surface area (Å²) in [4.78, 5) is 23.7. The Kier molecular flexibility index (Phi) is 5.41. The molecule has 0 saturated carbocycles. The summed E-state index contributed by atoms with van der Waals surface area (Å²) in [5, 5.41) is 5.03. The van der Waals surface area contributed by atoms with Crippen molar-refractivity contribution in [3.8, 4) is 11.1 Å². The molecule has 2 rings (SSSR count). The van der Waals surface area contributed by atoms with E-state index in [2.05, 4.69) is 17.9 Å². The minimum atomic E-state index is -0.438. The van der Waals surface area contributed by atoms with Crippen molar-refractivity contribution in [1.82, 2.24) is 0 Å². The molecule has 6 heteroatoms. The molecule has 0 atom stereocenters. The van der Waals surface area contributed by atoms with E-state index < -0.39 is 5.97 Å². The van der Waals surface area contributed by atoms with Crippen molar-refractivity contribution in [2.24, 2.45) is 0 Å². The lowest BCUT2D eigenvalue weighted by atomic mass is 10.0. The van der Waals surface area contributed by atoms with Gasteiger partial charge in [-0.05, 0) is 12.5 Å². The van der Waals surface area contributed by atoms with Crippen molar-refractivity contribution < 1.29 is 14.3 Å². The second-order valence-electron chi connectivity index (χ2n) is 4.15. The number of rotatable bonds is 5. The molecule has 2 aromatic rings. The minimum Gasteiger partial charge on any atom is -0.462 e. The van der Waals surface area contributed by atoms with E-state index in [-0.39, 0.29) is 18.3 Å². The highest BCUT2D eigenvalue weighted by Crippen LogP contribution is 2.36. The van der Waals surface area contributed by atoms with Gasteiger partial charge in [-0.15, -0.1) is 11.3 Å². The molecule has 0 unspecified atom stereocenters. The topological polar surface area (TPSA) is 55.4 Å². The number of esters is 1. The third kappa shape index (κ3) is 3.65. The third-order valence-corrected chi connectivity index (χ3v) is 3.93. The zero-order chi connectivity index (χ0) is 15.2. The number of ether oxygens (including phenoxy) is 1. The molecule has 0 saturated heterocycles. The highest BCUT2D eigenvalue weighted by atomic mass is 32.1. The van der Waals surface area contributed by atoms with Crippen LogP contribution < -0.4 is 5.32 Å². The lowest BCUT2D eigenvalue weighted by Gasteiger charge is -2.08. The SMILES string of the molecule is CCOC(=O)c1c(-c2ccccc2)csc1NC(=O)CS. The number of hydrogen-bond acceptors (Lipinski definition) is 5. The minimum absolute atomic E-state index is 0.0564. The number of thiophene rings is 1. The van der Waals surface area contributed by atoms with Gasteiger partial charge in [0.2, 0.25) is 5.91 Å². The molecule has 0 aliphatic rings. The fraction of sp³-hybridized carbons (Fsp3) is 0.200. The normalized spacial score (nSPS) is 10.2. The molecule has 1 heterocycles. The Morgan fingerprint density at radius 1 is 1.29 bits per heavy atom. The Morgan fingerprint density at radius 3 is 2.62 bits per heavy atom. The number of nitrogens with one attached hydrogen (secondary N) is 1. The van der Waals surface area contributed by atoms with Crippen LogP contribution in [0.4, 0.5) is 5.00 Å². The highest BCUT2D eigenvalue weighted by Gasteiger charge is 2.22. The van der Waals surface area contributed by atoms with Crippen LogP contribution in [0, 0.1) is 0 Å². The van der Waals surface area contributed by atoms with Crippen LogP contribution in [0.1, 0.15) is 17.3 Å². The number of benzene rings is 1. The average Bonchev–Trinajstić information content (AvgIpc) is 2.92. The summed E-state index contributed by atoms with van der Waals surface area (Å²) in [5.41, 5.74) is 2.06. The molecule has 0 spiro atoms. The van der Waals surface area contributed by atoms with Gasteiger partial charge in [-0.2, -0.15) is 12.6 Å². The standard InChI is InChI=1S/C15H15NO3S2/c1-2-19-15(18)13-11(10-6-4-3-5-7-10)9-21-14(13)16-12(17)8-20/h3-7,9,20H,2,8H2,1H3,(H,16,17). The molecule has 0 radical (unpaired) electrons. The number of carbonyl (C=O) groups is 2. The monoisotopic (exact) mass is 321 g/mol. The molecular weight excluding hydrogens is 306 g/mol. The zero-order valence-corrected chi connectivity index (χ0v) is 13.2. The van der Waals surface area contributed by atoms with Gasteiger partial charge in [0.15, 0.2) is 0 Å². The maximum atomic E-state index is 12.2. The highest BCUT2D eigenvalue weighted by molar-refractivity contribution is 7.81. The predicted molar refractivity (Wildman–Crippen MR) is 88.2 cm³/mol. The van der Waals surface area contributed by atoms with Crippen LogP contribution in [0.3, 0.4) is 0 Å². The van der Waals surface area contributed by atoms with E-state index in [1.165, 1.54) is 11.3 Å². The van der Waals surface area contributed by atoms with Crippen LogP contribution in [-0.4, -0.2) is 24.2 Å². The molecule has 1 aromatic heterocycles. The molecule has 1 N–H and O–H groups in total. The van der Waals surface area contributed by atoms with E-state index in [9.17, 15) is 9.59 Å². The van der Waals surface area contributed by atoms with Gasteiger partial charge in [0, 0.05) is 10.9 Å². The fourth-order valence-electron chi connectivity index (χ4n) is 1.85. The summed E-state index contributed by atoms with van der Waals surface area (Å²) in [6.45, 7) is 2.03. The first-order valence-electron chi connectivity index (χ1n) is 6.42. The number of thiol groups is 1. The van der Waals surface area contributed by atoms with Crippen molar-refractivity contribution in [3.63, 3.8) is 0 Å². The van der Waals surface area contributed by atoms with E-state index in [0.29, 0.717) is 10.6 Å². The van der Waals surface area contributed by atoms with Gasteiger partial charge in [0.1, 0.15) is 10.6 Å². The maximum absolute atomic E-state index is 12.2. The second-order valence-corrected chi connectivity index (χ2v) is 5.34. The van der Waals surface area contributed by atoms with E-state index in [4.69, 9.17) is 4.74 Å². The van der Waals surface area contributed by atoms with Crippen molar-refractivity contribution in [3.05, 3.63) is 41.3 Å². The van der Waals surface area contributed by atoms with Gasteiger partial charge in [0.25, 0.3) is 0 Å². The molecule has 1 aromatic carbocycles.